The van der Waals surface area contributed by atoms with Gasteiger partial charge >= 0.3 is 6.09 Å². The Bertz CT molecular complexity index is 1510. The second kappa shape index (κ2) is 11.5. The summed E-state index contributed by atoms with van der Waals surface area (Å²) in [6.45, 7) is 5.91. The van der Waals surface area contributed by atoms with E-state index >= 15 is 0 Å². The molecular weight excluding hydrogens is 540 g/mol. The molecule has 8 nitrogen and oxygen atoms in total. The monoisotopic (exact) mass is 582 g/mol. The molecule has 8 heteroatoms. The number of aryl methyl sites for hydroxylation is 1. The van der Waals surface area contributed by atoms with E-state index in [0.29, 0.717) is 24.1 Å². The van der Waals surface area contributed by atoms with Crippen molar-refractivity contribution >= 4 is 28.6 Å². The van der Waals surface area contributed by atoms with Gasteiger partial charge in [0.15, 0.2) is 0 Å². The smallest absolute Gasteiger partial charge is 0.414 e. The number of nitrogens with zero attached hydrogens (tertiary/aromatic N) is 3. The number of hydrogen-bond acceptors (Lipinski definition) is 6. The molecule has 2 aliphatic carbocycles. The number of carbonyl (C=O) groups is 2. The molecule has 0 bridgehead atoms. The van der Waals surface area contributed by atoms with E-state index < -0.39 is 0 Å². The van der Waals surface area contributed by atoms with Crippen LogP contribution in [0.4, 0.5) is 10.5 Å². The molecular formula is C35H42N4O4. The van der Waals surface area contributed by atoms with Crippen LogP contribution in [0.15, 0.2) is 48.5 Å². The number of aliphatic hydroxyl groups is 1. The highest BCUT2D eigenvalue weighted by Gasteiger charge is 2.45. The Morgan fingerprint density at radius 2 is 1.88 bits per heavy atom. The highest BCUT2D eigenvalue weighted by molar-refractivity contribution is 5.98. The van der Waals surface area contributed by atoms with E-state index in [1.807, 2.05) is 42.5 Å². The van der Waals surface area contributed by atoms with E-state index in [9.17, 15) is 14.7 Å². The van der Waals surface area contributed by atoms with Crippen LogP contribution in [0.25, 0.3) is 10.9 Å². The second-order valence-corrected chi connectivity index (χ2v) is 13.3. The largest absolute Gasteiger partial charge is 0.447 e. The fraction of sp³-hybridized carbons (Fsp3) is 0.514. The molecule has 3 heterocycles. The van der Waals surface area contributed by atoms with E-state index in [0.717, 1.165) is 79.8 Å². The first kappa shape index (κ1) is 28.3. The Hall–Kier alpha value is -3.49. The van der Waals surface area contributed by atoms with Crippen LogP contribution in [0, 0.1) is 11.3 Å². The van der Waals surface area contributed by atoms with Crippen molar-refractivity contribution in [1.29, 1.82) is 0 Å². The predicted molar refractivity (Wildman–Crippen MR) is 166 cm³/mol. The normalized spacial score (nSPS) is 22.7. The fourth-order valence-corrected chi connectivity index (χ4v) is 7.21. The van der Waals surface area contributed by atoms with Gasteiger partial charge in [0.1, 0.15) is 6.61 Å². The SMILES string of the molecule is CC1([C@H]2CCc3nc4ccc(C(=O)N[C@H](CCN5CCC(O)CC5)c5ccc(N6CCOC6=O)cc5)cc4cc3C2)CC1. The van der Waals surface area contributed by atoms with E-state index in [-0.39, 0.29) is 24.1 Å². The number of aliphatic hydroxyl groups excluding tert-OH is 1. The first-order chi connectivity index (χ1) is 20.8. The number of piperidine rings is 1. The van der Waals surface area contributed by atoms with E-state index in [4.69, 9.17) is 9.72 Å². The summed E-state index contributed by atoms with van der Waals surface area (Å²) < 4.78 is 5.10. The van der Waals surface area contributed by atoms with Crippen LogP contribution >= 0.6 is 0 Å². The first-order valence-electron chi connectivity index (χ1n) is 16.0. The molecule has 0 unspecified atom stereocenters. The van der Waals surface area contributed by atoms with Crippen molar-refractivity contribution in [3.05, 3.63) is 70.9 Å². The molecule has 7 rings (SSSR count). The van der Waals surface area contributed by atoms with Crippen molar-refractivity contribution in [3.63, 3.8) is 0 Å². The number of cyclic esters (lactones) is 1. The predicted octanol–water partition coefficient (Wildman–Crippen LogP) is 5.41. The molecule has 4 aliphatic rings. The van der Waals surface area contributed by atoms with Gasteiger partial charge in [0.05, 0.1) is 24.2 Å². The molecule has 2 saturated heterocycles. The van der Waals surface area contributed by atoms with Gasteiger partial charge in [-0.15, -0.1) is 0 Å². The number of ether oxygens (including phenoxy) is 1. The van der Waals surface area contributed by atoms with Crippen molar-refractivity contribution in [2.24, 2.45) is 11.3 Å². The molecule has 3 fully saturated rings. The zero-order valence-electron chi connectivity index (χ0n) is 25.1. The van der Waals surface area contributed by atoms with Gasteiger partial charge < -0.3 is 20.1 Å². The Kier molecular flexibility index (Phi) is 7.60. The van der Waals surface area contributed by atoms with Gasteiger partial charge in [0, 0.05) is 42.0 Å². The second-order valence-electron chi connectivity index (χ2n) is 13.3. The lowest BCUT2D eigenvalue weighted by Crippen LogP contribution is -2.38. The van der Waals surface area contributed by atoms with Crippen LogP contribution in [0.1, 0.15) is 78.7 Å². The topological polar surface area (TPSA) is 95.0 Å². The van der Waals surface area contributed by atoms with Crippen molar-refractivity contribution in [2.45, 2.75) is 70.4 Å². The van der Waals surface area contributed by atoms with Gasteiger partial charge in [-0.25, -0.2) is 4.79 Å². The number of aromatic nitrogens is 1. The number of nitrogens with one attached hydrogen (secondary N) is 1. The lowest BCUT2D eigenvalue weighted by molar-refractivity contribution is 0.0795. The van der Waals surface area contributed by atoms with Gasteiger partial charge in [-0.3, -0.25) is 14.7 Å². The zero-order valence-corrected chi connectivity index (χ0v) is 25.1. The summed E-state index contributed by atoms with van der Waals surface area (Å²) >= 11 is 0. The minimum Gasteiger partial charge on any atom is -0.447 e. The molecule has 43 heavy (non-hydrogen) atoms. The third kappa shape index (κ3) is 6.00. The summed E-state index contributed by atoms with van der Waals surface area (Å²) in [5.41, 5.74) is 6.46. The maximum absolute atomic E-state index is 13.7. The number of hydrogen-bond donors (Lipinski definition) is 2. The average Bonchev–Trinajstić information content (AvgIpc) is 3.64. The molecule has 3 aromatic rings. The average molecular weight is 583 g/mol. The molecule has 0 spiro atoms. The maximum Gasteiger partial charge on any atom is 0.414 e. The first-order valence-corrected chi connectivity index (χ1v) is 16.0. The number of pyridine rings is 1. The summed E-state index contributed by atoms with van der Waals surface area (Å²) in [7, 11) is 0. The van der Waals surface area contributed by atoms with Crippen LogP contribution in [0.5, 0.6) is 0 Å². The molecule has 1 saturated carbocycles. The number of carbonyl (C=O) groups excluding carboxylic acids is 2. The minimum atomic E-state index is -0.325. The van der Waals surface area contributed by atoms with Gasteiger partial charge in [0.25, 0.3) is 5.91 Å². The highest BCUT2D eigenvalue weighted by Crippen LogP contribution is 2.55. The number of anilines is 1. The molecule has 2 aromatic carbocycles. The van der Waals surface area contributed by atoms with Gasteiger partial charge in [0.2, 0.25) is 0 Å². The van der Waals surface area contributed by atoms with E-state index in [1.54, 1.807) is 4.90 Å². The van der Waals surface area contributed by atoms with E-state index in [2.05, 4.69) is 23.2 Å². The Morgan fingerprint density at radius 3 is 2.60 bits per heavy atom. The van der Waals surface area contributed by atoms with Crippen molar-refractivity contribution in [1.82, 2.24) is 15.2 Å². The molecule has 1 aromatic heterocycles. The summed E-state index contributed by atoms with van der Waals surface area (Å²) in [5.74, 6) is 0.631. The minimum absolute atomic E-state index is 0.103. The third-order valence-electron chi connectivity index (χ3n) is 10.4. The Balaban J connectivity index is 1.10. The molecule has 226 valence electrons. The summed E-state index contributed by atoms with van der Waals surface area (Å²) in [5, 5.41) is 14.3. The zero-order chi connectivity index (χ0) is 29.6. The lowest BCUT2D eigenvalue weighted by atomic mass is 9.77. The number of amides is 2. The third-order valence-corrected chi connectivity index (χ3v) is 10.4. The quantitative estimate of drug-likeness (QED) is 0.369. The van der Waals surface area contributed by atoms with Gasteiger partial charge in [-0.2, -0.15) is 0 Å². The van der Waals surface area contributed by atoms with Gasteiger partial charge in [-0.1, -0.05) is 19.1 Å². The maximum atomic E-state index is 13.7. The molecule has 2 amide bonds. The number of likely N-dealkylation sites (tertiary alicyclic amines) is 1. The Morgan fingerprint density at radius 1 is 1.09 bits per heavy atom. The molecule has 2 atom stereocenters. The summed E-state index contributed by atoms with van der Waals surface area (Å²) in [6.07, 6.45) is 7.82. The van der Waals surface area contributed by atoms with Crippen molar-refractivity contribution < 1.29 is 19.4 Å². The molecule has 2 aliphatic heterocycles. The van der Waals surface area contributed by atoms with Crippen LogP contribution in [-0.4, -0.2) is 65.9 Å². The lowest BCUT2D eigenvalue weighted by Gasteiger charge is -2.31. The molecule has 2 N–H and O–H groups in total. The number of benzene rings is 2. The summed E-state index contributed by atoms with van der Waals surface area (Å²) in [6, 6.07) is 15.8. The highest BCUT2D eigenvalue weighted by atomic mass is 16.6. The fourth-order valence-electron chi connectivity index (χ4n) is 7.21. The van der Waals surface area contributed by atoms with Crippen molar-refractivity contribution in [2.75, 3.05) is 37.7 Å². The van der Waals surface area contributed by atoms with Crippen LogP contribution in [0.2, 0.25) is 0 Å². The number of fused-ring (bicyclic) bond motifs is 2. The molecule has 0 radical (unpaired) electrons. The standard InChI is InChI=1S/C35H42N4O4/c1-35(13-14-35)27-5-9-31-26(22-27)21-25-20-24(4-8-30(25)36-31)33(41)37-32(12-17-38-15-10-29(40)11-16-38)23-2-6-28(7-3-23)39-18-19-43-34(39)42/h2-4,6-8,20-21,27,29,32,40H,5,9-19,22H2,1H3,(H,37,41)/t27-,32+/m0/s1. The van der Waals surface area contributed by atoms with Crippen LogP contribution in [0.3, 0.4) is 0 Å². The summed E-state index contributed by atoms with van der Waals surface area (Å²) in [4.78, 5) is 34.8. The van der Waals surface area contributed by atoms with E-state index in [1.165, 1.54) is 30.5 Å². The van der Waals surface area contributed by atoms with Crippen LogP contribution in [-0.2, 0) is 17.6 Å². The van der Waals surface area contributed by atoms with Crippen molar-refractivity contribution in [3.8, 4) is 0 Å². The van der Waals surface area contributed by atoms with Crippen LogP contribution < -0.4 is 10.2 Å². The Labute approximate surface area is 253 Å². The van der Waals surface area contributed by atoms with Gasteiger partial charge in [-0.05, 0) is 110 Å². The number of rotatable bonds is 8.